The van der Waals surface area contributed by atoms with E-state index in [0.29, 0.717) is 11.3 Å². The number of amides is 3. The molecule has 0 aliphatic carbocycles. The van der Waals surface area contributed by atoms with Crippen LogP contribution in [-0.2, 0) is 14.3 Å². The second-order valence-corrected chi connectivity index (χ2v) is 10.4. The molecule has 2 aromatic carbocycles. The maximum atomic E-state index is 13.7. The first-order chi connectivity index (χ1) is 15.7. The van der Waals surface area contributed by atoms with Crippen LogP contribution in [0, 0.1) is 6.92 Å². The molecule has 0 aliphatic rings. The Morgan fingerprint density at radius 3 is 1.97 bits per heavy atom. The summed E-state index contributed by atoms with van der Waals surface area (Å²) in [5.41, 5.74) is 0.827. The van der Waals surface area contributed by atoms with Crippen LogP contribution in [0.1, 0.15) is 65.6 Å². The highest BCUT2D eigenvalue weighted by molar-refractivity contribution is 5.99. The molecule has 0 saturated heterocycles. The first-order valence-electron chi connectivity index (χ1n) is 11.4. The van der Waals surface area contributed by atoms with Crippen molar-refractivity contribution in [2.45, 2.75) is 78.6 Å². The molecule has 0 fully saturated rings. The van der Waals surface area contributed by atoms with E-state index in [1.54, 1.807) is 27.7 Å². The highest BCUT2D eigenvalue weighted by Crippen LogP contribution is 2.31. The van der Waals surface area contributed by atoms with Gasteiger partial charge in [-0.2, -0.15) is 0 Å². The van der Waals surface area contributed by atoms with E-state index in [1.165, 1.54) is 4.90 Å². The van der Waals surface area contributed by atoms with Crippen molar-refractivity contribution in [1.29, 1.82) is 0 Å². The average molecular weight is 468 g/mol. The molecule has 7 nitrogen and oxygen atoms in total. The van der Waals surface area contributed by atoms with E-state index in [4.69, 9.17) is 4.74 Å². The predicted octanol–water partition coefficient (Wildman–Crippen LogP) is 5.22. The molecule has 2 N–H and O–H groups in total. The molecule has 3 amide bonds. The second kappa shape index (κ2) is 10.7. The van der Waals surface area contributed by atoms with Gasteiger partial charge < -0.3 is 20.3 Å². The van der Waals surface area contributed by atoms with Gasteiger partial charge in [0.15, 0.2) is 0 Å². The van der Waals surface area contributed by atoms with E-state index >= 15 is 0 Å². The molecule has 2 rings (SSSR count). The molecule has 2 atom stereocenters. The van der Waals surface area contributed by atoms with Crippen LogP contribution in [0.25, 0.3) is 0 Å². The minimum Gasteiger partial charge on any atom is -0.444 e. The lowest BCUT2D eigenvalue weighted by Gasteiger charge is -2.42. The van der Waals surface area contributed by atoms with Crippen molar-refractivity contribution < 1.29 is 19.1 Å². The zero-order valence-electron chi connectivity index (χ0n) is 21.4. The fourth-order valence-electron chi connectivity index (χ4n) is 3.57. The van der Waals surface area contributed by atoms with Crippen molar-refractivity contribution in [1.82, 2.24) is 10.2 Å². The summed E-state index contributed by atoms with van der Waals surface area (Å²) in [6, 6.07) is 14.8. The molecule has 0 aliphatic heterocycles. The Morgan fingerprint density at radius 2 is 1.44 bits per heavy atom. The number of rotatable bonds is 6. The Kier molecular flexibility index (Phi) is 8.48. The summed E-state index contributed by atoms with van der Waals surface area (Å²) in [6.07, 6.45) is -0.692. The topological polar surface area (TPSA) is 87.7 Å². The van der Waals surface area contributed by atoms with Gasteiger partial charge in [0.2, 0.25) is 5.91 Å². The number of ether oxygens (including phenoxy) is 1. The SMILES string of the molecule is Cc1ccccc1NC(=O)C(c1ccccc1)N(C(=O)C(C)NC(=O)OC(C)(C)C)C(C)(C)C. The summed E-state index contributed by atoms with van der Waals surface area (Å²) in [5.74, 6) is -0.736. The van der Waals surface area contributed by atoms with E-state index in [-0.39, 0.29) is 5.91 Å². The van der Waals surface area contributed by atoms with Crippen LogP contribution in [-0.4, -0.2) is 40.0 Å². The lowest BCUT2D eigenvalue weighted by atomic mass is 9.95. The number of nitrogens with one attached hydrogen (secondary N) is 2. The number of carbonyl (C=O) groups is 3. The fraction of sp³-hybridized carbons (Fsp3) is 0.444. The number of anilines is 1. The number of hydrogen-bond acceptors (Lipinski definition) is 4. The van der Waals surface area contributed by atoms with Crippen LogP contribution in [0.5, 0.6) is 0 Å². The monoisotopic (exact) mass is 467 g/mol. The van der Waals surface area contributed by atoms with Crippen molar-refractivity contribution in [3.63, 3.8) is 0 Å². The van der Waals surface area contributed by atoms with Crippen molar-refractivity contribution in [3.8, 4) is 0 Å². The van der Waals surface area contributed by atoms with Crippen LogP contribution in [0.2, 0.25) is 0 Å². The molecule has 0 aromatic heterocycles. The standard InChI is InChI=1S/C27H37N3O4/c1-18-14-12-13-17-21(18)29-23(31)22(20-15-10-9-11-16-20)30(26(3,4)5)24(32)19(2)28-25(33)34-27(6,7)8/h9-17,19,22H,1-8H3,(H,28,33)(H,29,31). The maximum absolute atomic E-state index is 13.7. The molecule has 34 heavy (non-hydrogen) atoms. The van der Waals surface area contributed by atoms with Gasteiger partial charge in [0.1, 0.15) is 17.7 Å². The third kappa shape index (κ3) is 7.33. The van der Waals surface area contributed by atoms with Gasteiger partial charge in [0, 0.05) is 11.2 Å². The molecule has 2 aromatic rings. The molecule has 0 spiro atoms. The number of aryl methyl sites for hydroxylation is 1. The molecule has 184 valence electrons. The largest absolute Gasteiger partial charge is 0.444 e. The number of carbonyl (C=O) groups excluding carboxylic acids is 3. The summed E-state index contributed by atoms with van der Waals surface area (Å²) in [7, 11) is 0. The van der Waals surface area contributed by atoms with Crippen molar-refractivity contribution in [2.24, 2.45) is 0 Å². The second-order valence-electron chi connectivity index (χ2n) is 10.4. The first kappa shape index (κ1) is 26.9. The lowest BCUT2D eigenvalue weighted by Crippen LogP contribution is -2.57. The smallest absolute Gasteiger partial charge is 0.408 e. The molecule has 0 saturated carbocycles. The molecular weight excluding hydrogens is 430 g/mol. The van der Waals surface area contributed by atoms with Crippen LogP contribution in [0.4, 0.5) is 10.5 Å². The van der Waals surface area contributed by atoms with E-state index < -0.39 is 35.2 Å². The highest BCUT2D eigenvalue weighted by atomic mass is 16.6. The van der Waals surface area contributed by atoms with Crippen molar-refractivity contribution in [3.05, 3.63) is 65.7 Å². The number of benzene rings is 2. The first-order valence-corrected chi connectivity index (χ1v) is 11.4. The van der Waals surface area contributed by atoms with Gasteiger partial charge in [0.25, 0.3) is 5.91 Å². The van der Waals surface area contributed by atoms with Crippen molar-refractivity contribution in [2.75, 3.05) is 5.32 Å². The number of nitrogens with zero attached hydrogens (tertiary/aromatic N) is 1. The predicted molar refractivity (Wildman–Crippen MR) is 134 cm³/mol. The number of para-hydroxylation sites is 1. The van der Waals surface area contributed by atoms with E-state index in [1.807, 2.05) is 82.3 Å². The zero-order valence-corrected chi connectivity index (χ0v) is 21.4. The molecule has 2 unspecified atom stereocenters. The summed E-state index contributed by atoms with van der Waals surface area (Å²) < 4.78 is 5.31. The van der Waals surface area contributed by atoms with Gasteiger partial charge in [-0.15, -0.1) is 0 Å². The maximum Gasteiger partial charge on any atom is 0.408 e. The highest BCUT2D eigenvalue weighted by Gasteiger charge is 2.40. The summed E-state index contributed by atoms with van der Waals surface area (Å²) in [6.45, 7) is 14.3. The Balaban J connectivity index is 2.44. The minimum absolute atomic E-state index is 0.340. The average Bonchev–Trinajstić information content (AvgIpc) is 2.71. The van der Waals surface area contributed by atoms with Gasteiger partial charge in [-0.05, 0) is 72.6 Å². The van der Waals surface area contributed by atoms with Gasteiger partial charge in [0.05, 0.1) is 0 Å². The van der Waals surface area contributed by atoms with Crippen LogP contribution < -0.4 is 10.6 Å². The van der Waals surface area contributed by atoms with Crippen molar-refractivity contribution >= 4 is 23.6 Å². The molecular formula is C27H37N3O4. The molecule has 0 heterocycles. The van der Waals surface area contributed by atoms with Gasteiger partial charge in [-0.3, -0.25) is 9.59 Å². The Labute approximate surface area is 202 Å². The summed E-state index contributed by atoms with van der Waals surface area (Å²) in [5, 5.41) is 5.59. The lowest BCUT2D eigenvalue weighted by molar-refractivity contribution is -0.146. The molecule has 7 heteroatoms. The number of alkyl carbamates (subject to hydrolysis) is 1. The zero-order chi connectivity index (χ0) is 25.7. The van der Waals surface area contributed by atoms with Gasteiger partial charge in [-0.25, -0.2) is 4.79 Å². The number of hydrogen-bond donors (Lipinski definition) is 2. The quantitative estimate of drug-likeness (QED) is 0.610. The summed E-state index contributed by atoms with van der Waals surface area (Å²) in [4.78, 5) is 41.2. The van der Waals surface area contributed by atoms with E-state index in [9.17, 15) is 14.4 Å². The normalized spacial score (nSPS) is 13.4. The molecule has 0 bridgehead atoms. The molecule has 0 radical (unpaired) electrons. The Hall–Kier alpha value is -3.35. The van der Waals surface area contributed by atoms with Crippen LogP contribution >= 0.6 is 0 Å². The third-order valence-corrected chi connectivity index (χ3v) is 5.09. The Bertz CT molecular complexity index is 1010. The van der Waals surface area contributed by atoms with E-state index in [0.717, 1.165) is 5.56 Å². The van der Waals surface area contributed by atoms with Gasteiger partial charge >= 0.3 is 6.09 Å². The summed E-state index contributed by atoms with van der Waals surface area (Å²) >= 11 is 0. The Morgan fingerprint density at radius 1 is 0.882 bits per heavy atom. The minimum atomic E-state index is -0.920. The van der Waals surface area contributed by atoms with Crippen LogP contribution in [0.3, 0.4) is 0 Å². The fourth-order valence-corrected chi connectivity index (χ4v) is 3.57. The van der Waals surface area contributed by atoms with Crippen LogP contribution in [0.15, 0.2) is 54.6 Å². The van der Waals surface area contributed by atoms with E-state index in [2.05, 4.69) is 10.6 Å². The third-order valence-electron chi connectivity index (χ3n) is 5.09. The van der Waals surface area contributed by atoms with Gasteiger partial charge in [-0.1, -0.05) is 48.5 Å².